The van der Waals surface area contributed by atoms with Gasteiger partial charge in [-0.2, -0.15) is 0 Å². The van der Waals surface area contributed by atoms with Crippen molar-refractivity contribution in [3.63, 3.8) is 0 Å². The van der Waals surface area contributed by atoms with E-state index < -0.39 is 18.0 Å². The van der Waals surface area contributed by atoms with Gasteiger partial charge in [0.25, 0.3) is 11.7 Å². The first-order valence-corrected chi connectivity index (χ1v) is 8.14. The first kappa shape index (κ1) is 18.3. The molecule has 0 saturated carbocycles. The minimum Gasteiger partial charge on any atom is -0.467 e. The lowest BCUT2D eigenvalue weighted by Gasteiger charge is -2.11. The number of aryl methyl sites for hydroxylation is 1. The molecule has 1 aromatic carbocycles. The minimum atomic E-state index is -1.04. The number of hydrogen-bond acceptors (Lipinski definition) is 6. The molecule has 0 fully saturated rings. The first-order chi connectivity index (χ1) is 12.9. The summed E-state index contributed by atoms with van der Waals surface area (Å²) in [6, 6.07) is 9.00. The summed E-state index contributed by atoms with van der Waals surface area (Å²) >= 11 is 0. The molecular weight excluding hydrogens is 355 g/mol. The average Bonchev–Trinajstić information content (AvgIpc) is 3.30. The van der Waals surface area contributed by atoms with Gasteiger partial charge >= 0.3 is 5.97 Å². The largest absolute Gasteiger partial charge is 0.467 e. The van der Waals surface area contributed by atoms with Crippen molar-refractivity contribution < 1.29 is 23.1 Å². The van der Waals surface area contributed by atoms with E-state index in [0.717, 1.165) is 0 Å². The van der Waals surface area contributed by atoms with E-state index in [1.807, 2.05) is 0 Å². The number of nitrogens with one attached hydrogen (secondary N) is 1. The second-order valence-corrected chi connectivity index (χ2v) is 5.72. The molecule has 3 aromatic rings. The van der Waals surface area contributed by atoms with Crippen LogP contribution in [0.4, 0.5) is 4.39 Å². The molecule has 1 unspecified atom stereocenters. The summed E-state index contributed by atoms with van der Waals surface area (Å²) in [4.78, 5) is 28.3. The van der Waals surface area contributed by atoms with Crippen molar-refractivity contribution in [2.75, 3.05) is 0 Å². The number of benzene rings is 1. The van der Waals surface area contributed by atoms with Crippen LogP contribution >= 0.6 is 0 Å². The zero-order valence-electron chi connectivity index (χ0n) is 14.7. The average molecular weight is 372 g/mol. The maximum atomic E-state index is 13.0. The molecule has 8 nitrogen and oxygen atoms in total. The van der Waals surface area contributed by atoms with Gasteiger partial charge in [-0.05, 0) is 50.2 Å². The molecule has 0 aliphatic heterocycles. The third-order valence-corrected chi connectivity index (χ3v) is 3.69. The Morgan fingerprint density at radius 1 is 1.30 bits per heavy atom. The van der Waals surface area contributed by atoms with Gasteiger partial charge in [0.15, 0.2) is 6.10 Å². The molecule has 9 heteroatoms. The van der Waals surface area contributed by atoms with Crippen molar-refractivity contribution in [1.82, 2.24) is 20.1 Å². The normalized spacial score (nSPS) is 11.8. The van der Waals surface area contributed by atoms with Crippen LogP contribution < -0.4 is 5.32 Å². The van der Waals surface area contributed by atoms with Crippen LogP contribution in [-0.2, 0) is 16.1 Å². The maximum Gasteiger partial charge on any atom is 0.379 e. The highest BCUT2D eigenvalue weighted by Crippen LogP contribution is 2.11. The van der Waals surface area contributed by atoms with Gasteiger partial charge in [0, 0.05) is 0 Å². The third-order valence-electron chi connectivity index (χ3n) is 3.69. The Labute approximate surface area is 154 Å². The van der Waals surface area contributed by atoms with Crippen LogP contribution in [0.3, 0.4) is 0 Å². The van der Waals surface area contributed by atoms with Crippen LogP contribution in [0.5, 0.6) is 0 Å². The Morgan fingerprint density at radius 2 is 2.04 bits per heavy atom. The number of aromatic nitrogens is 3. The van der Waals surface area contributed by atoms with E-state index in [0.29, 0.717) is 17.3 Å². The Kier molecular flexibility index (Phi) is 5.30. The number of ether oxygens (including phenoxy) is 1. The molecule has 27 heavy (non-hydrogen) atoms. The topological polar surface area (TPSA) is 99.2 Å². The summed E-state index contributed by atoms with van der Waals surface area (Å²) < 4.78 is 24.7. The van der Waals surface area contributed by atoms with E-state index in [4.69, 9.17) is 9.15 Å². The van der Waals surface area contributed by atoms with Crippen molar-refractivity contribution in [3.05, 3.63) is 65.9 Å². The standard InChI is InChI=1S/C18H17FN4O4/c1-11(17(24)20-10-15-4-3-9-26-15)27-18(25)16-21-12(2)23(22-16)14-7-5-13(19)6-8-14/h3-9,11H,10H2,1-2H3,(H,20,24). The Bertz CT molecular complexity index is 935. The molecule has 3 rings (SSSR count). The Hall–Kier alpha value is -3.49. The molecule has 140 valence electrons. The summed E-state index contributed by atoms with van der Waals surface area (Å²) in [5, 5.41) is 6.67. The van der Waals surface area contributed by atoms with E-state index in [1.165, 1.54) is 42.1 Å². The predicted octanol–water partition coefficient (Wildman–Crippen LogP) is 2.17. The predicted molar refractivity (Wildman–Crippen MR) is 91.5 cm³/mol. The number of hydrogen-bond donors (Lipinski definition) is 1. The fourth-order valence-corrected chi connectivity index (χ4v) is 2.30. The van der Waals surface area contributed by atoms with Crippen molar-refractivity contribution in [2.45, 2.75) is 26.5 Å². The monoisotopic (exact) mass is 372 g/mol. The number of amides is 1. The lowest BCUT2D eigenvalue weighted by Crippen LogP contribution is -2.35. The van der Waals surface area contributed by atoms with Crippen LogP contribution in [0, 0.1) is 12.7 Å². The molecule has 0 spiro atoms. The Balaban J connectivity index is 1.62. The molecule has 0 aliphatic rings. The quantitative estimate of drug-likeness (QED) is 0.666. The number of halogens is 1. The van der Waals surface area contributed by atoms with E-state index in [2.05, 4.69) is 15.4 Å². The van der Waals surface area contributed by atoms with Crippen molar-refractivity contribution in [2.24, 2.45) is 0 Å². The first-order valence-electron chi connectivity index (χ1n) is 8.14. The van der Waals surface area contributed by atoms with Gasteiger partial charge in [-0.15, -0.1) is 5.10 Å². The summed E-state index contributed by atoms with van der Waals surface area (Å²) in [5.74, 6) is -0.886. The third kappa shape index (κ3) is 4.38. The fourth-order valence-electron chi connectivity index (χ4n) is 2.30. The van der Waals surface area contributed by atoms with E-state index in [-0.39, 0.29) is 18.2 Å². The van der Waals surface area contributed by atoms with Gasteiger partial charge < -0.3 is 14.5 Å². The summed E-state index contributed by atoms with van der Waals surface area (Å²) in [7, 11) is 0. The SMILES string of the molecule is Cc1nc(C(=O)OC(C)C(=O)NCc2ccco2)nn1-c1ccc(F)cc1. The molecule has 0 aliphatic carbocycles. The van der Waals surface area contributed by atoms with Gasteiger partial charge in [-0.3, -0.25) is 4.79 Å². The zero-order chi connectivity index (χ0) is 19.4. The van der Waals surface area contributed by atoms with Crippen LogP contribution in [0.1, 0.15) is 29.1 Å². The van der Waals surface area contributed by atoms with Gasteiger partial charge in [-0.25, -0.2) is 18.9 Å². The highest BCUT2D eigenvalue weighted by molar-refractivity contribution is 5.89. The zero-order valence-corrected chi connectivity index (χ0v) is 14.7. The fraction of sp³-hybridized carbons (Fsp3) is 0.222. The number of carbonyl (C=O) groups is 2. The Morgan fingerprint density at radius 3 is 2.70 bits per heavy atom. The summed E-state index contributed by atoms with van der Waals surface area (Å²) in [6.07, 6.45) is 0.460. The van der Waals surface area contributed by atoms with Gasteiger partial charge in [0.2, 0.25) is 0 Å². The molecule has 2 aromatic heterocycles. The lowest BCUT2D eigenvalue weighted by molar-refractivity contribution is -0.129. The smallest absolute Gasteiger partial charge is 0.379 e. The second-order valence-electron chi connectivity index (χ2n) is 5.72. The number of esters is 1. The van der Waals surface area contributed by atoms with Crippen LogP contribution in [-0.4, -0.2) is 32.7 Å². The highest BCUT2D eigenvalue weighted by Gasteiger charge is 2.23. The molecular formula is C18H17FN4O4. The molecule has 1 atom stereocenters. The molecule has 1 amide bonds. The molecule has 0 saturated heterocycles. The van der Waals surface area contributed by atoms with Crippen molar-refractivity contribution >= 4 is 11.9 Å². The molecule has 2 heterocycles. The lowest BCUT2D eigenvalue weighted by atomic mass is 10.3. The molecule has 0 bridgehead atoms. The van der Waals surface area contributed by atoms with E-state index in [9.17, 15) is 14.0 Å². The number of rotatable bonds is 6. The van der Waals surface area contributed by atoms with Gasteiger partial charge in [0.1, 0.15) is 17.4 Å². The minimum absolute atomic E-state index is 0.185. The number of carbonyl (C=O) groups excluding carboxylic acids is 2. The summed E-state index contributed by atoms with van der Waals surface area (Å²) in [5.41, 5.74) is 0.546. The second kappa shape index (κ2) is 7.81. The maximum absolute atomic E-state index is 13.0. The van der Waals surface area contributed by atoms with Crippen LogP contribution in [0.15, 0.2) is 47.1 Å². The highest BCUT2D eigenvalue weighted by atomic mass is 19.1. The van der Waals surface area contributed by atoms with Crippen molar-refractivity contribution in [3.8, 4) is 5.69 Å². The van der Waals surface area contributed by atoms with Crippen LogP contribution in [0.25, 0.3) is 5.69 Å². The molecule has 0 radical (unpaired) electrons. The number of nitrogens with zero attached hydrogens (tertiary/aromatic N) is 3. The van der Waals surface area contributed by atoms with Gasteiger partial charge in [-0.1, -0.05) is 0 Å². The van der Waals surface area contributed by atoms with Crippen LogP contribution in [0.2, 0.25) is 0 Å². The van der Waals surface area contributed by atoms with Crippen molar-refractivity contribution in [1.29, 1.82) is 0 Å². The number of furan rings is 1. The van der Waals surface area contributed by atoms with E-state index in [1.54, 1.807) is 19.1 Å². The van der Waals surface area contributed by atoms with Gasteiger partial charge in [0.05, 0.1) is 18.5 Å². The van der Waals surface area contributed by atoms with E-state index >= 15 is 0 Å². The molecule has 1 N–H and O–H groups in total. The summed E-state index contributed by atoms with van der Waals surface area (Å²) in [6.45, 7) is 3.27.